The van der Waals surface area contributed by atoms with Gasteiger partial charge in [0.1, 0.15) is 5.82 Å². The summed E-state index contributed by atoms with van der Waals surface area (Å²) in [5.74, 6) is 2.75. The van der Waals surface area contributed by atoms with Crippen molar-refractivity contribution >= 4 is 0 Å². The Morgan fingerprint density at radius 3 is 2.64 bits per heavy atom. The molecule has 4 rings (SSSR count). The first-order valence-corrected chi connectivity index (χ1v) is 10.1. The molecule has 9 heteroatoms. The molecular weight excluding hydrogens is 371 g/mol. The number of alkyl halides is 3. The number of aromatic nitrogens is 4. The van der Waals surface area contributed by atoms with E-state index in [9.17, 15) is 13.2 Å². The van der Waals surface area contributed by atoms with Gasteiger partial charge in [-0.05, 0) is 44.6 Å². The SMILES string of the molecule is CCc1noc(C2CCC(NC[C@@H]3CCc4nc(C(F)(F)F)cn4C3)CC2)n1. The van der Waals surface area contributed by atoms with E-state index in [1.807, 2.05) is 6.92 Å². The minimum absolute atomic E-state index is 0.337. The molecule has 1 N–H and O–H groups in total. The maximum Gasteiger partial charge on any atom is 0.434 e. The Kier molecular flexibility index (Phi) is 5.44. The van der Waals surface area contributed by atoms with Gasteiger partial charge in [0.15, 0.2) is 11.5 Å². The number of hydrogen-bond acceptors (Lipinski definition) is 5. The first-order valence-electron chi connectivity index (χ1n) is 10.1. The molecule has 1 aliphatic heterocycles. The molecule has 2 aromatic heterocycles. The average molecular weight is 397 g/mol. The molecule has 0 unspecified atom stereocenters. The fourth-order valence-electron chi connectivity index (χ4n) is 4.27. The fraction of sp³-hybridized carbons (Fsp3) is 0.737. The van der Waals surface area contributed by atoms with Crippen molar-refractivity contribution < 1.29 is 17.7 Å². The van der Waals surface area contributed by atoms with Gasteiger partial charge in [-0.2, -0.15) is 18.2 Å². The summed E-state index contributed by atoms with van der Waals surface area (Å²) in [5, 5.41) is 7.61. The van der Waals surface area contributed by atoms with Crippen molar-refractivity contribution in [2.45, 2.75) is 76.6 Å². The number of fused-ring (bicyclic) bond motifs is 1. The molecule has 0 bridgehead atoms. The third-order valence-corrected chi connectivity index (χ3v) is 5.95. The standard InChI is InChI=1S/C19H26F3N5O/c1-2-16-25-18(28-26-16)13-4-6-14(7-5-13)23-9-12-3-8-17-24-15(19(20,21)22)11-27(17)10-12/h11-14,23H,2-10H2,1H3/t12-,13?,14?/m0/s1. The topological polar surface area (TPSA) is 68.8 Å². The average Bonchev–Trinajstić information content (AvgIpc) is 3.33. The van der Waals surface area contributed by atoms with E-state index in [-0.39, 0.29) is 0 Å². The maximum atomic E-state index is 12.8. The largest absolute Gasteiger partial charge is 0.434 e. The lowest BCUT2D eigenvalue weighted by molar-refractivity contribution is -0.141. The zero-order valence-electron chi connectivity index (χ0n) is 16.0. The lowest BCUT2D eigenvalue weighted by Gasteiger charge is -2.30. The molecule has 2 aromatic rings. The van der Waals surface area contributed by atoms with Gasteiger partial charge in [0.05, 0.1) is 0 Å². The van der Waals surface area contributed by atoms with Crippen LogP contribution in [0.2, 0.25) is 0 Å². The van der Waals surface area contributed by atoms with Gasteiger partial charge >= 0.3 is 6.18 Å². The molecular formula is C19H26F3N5O. The summed E-state index contributed by atoms with van der Waals surface area (Å²) < 4.78 is 45.6. The van der Waals surface area contributed by atoms with Gasteiger partial charge in [0.25, 0.3) is 0 Å². The number of halogens is 3. The van der Waals surface area contributed by atoms with E-state index in [0.717, 1.165) is 63.0 Å². The van der Waals surface area contributed by atoms with Crippen molar-refractivity contribution in [1.29, 1.82) is 0 Å². The highest BCUT2D eigenvalue weighted by atomic mass is 19.4. The number of nitrogens with zero attached hydrogens (tertiary/aromatic N) is 4. The smallest absolute Gasteiger partial charge is 0.339 e. The lowest BCUT2D eigenvalue weighted by atomic mass is 9.85. The summed E-state index contributed by atoms with van der Waals surface area (Å²) in [6, 6.07) is 0.444. The molecule has 0 amide bonds. The van der Waals surface area contributed by atoms with Gasteiger partial charge in [-0.3, -0.25) is 0 Å². The van der Waals surface area contributed by atoms with Crippen LogP contribution in [-0.2, 0) is 25.6 Å². The third kappa shape index (κ3) is 4.24. The number of aryl methyl sites for hydroxylation is 2. The Bertz CT molecular complexity index is 792. The van der Waals surface area contributed by atoms with Gasteiger partial charge in [0.2, 0.25) is 5.89 Å². The molecule has 1 atom stereocenters. The predicted molar refractivity (Wildman–Crippen MR) is 95.7 cm³/mol. The second-order valence-electron chi connectivity index (χ2n) is 7.96. The summed E-state index contributed by atoms with van der Waals surface area (Å²) >= 11 is 0. The van der Waals surface area contributed by atoms with Crippen LogP contribution in [-0.4, -0.2) is 32.3 Å². The third-order valence-electron chi connectivity index (χ3n) is 5.95. The van der Waals surface area contributed by atoms with E-state index in [2.05, 4.69) is 20.4 Å². The van der Waals surface area contributed by atoms with Crippen LogP contribution in [0.4, 0.5) is 13.2 Å². The minimum atomic E-state index is -4.37. The molecule has 1 saturated carbocycles. The van der Waals surface area contributed by atoms with E-state index >= 15 is 0 Å². The minimum Gasteiger partial charge on any atom is -0.339 e. The predicted octanol–water partition coefficient (Wildman–Crippen LogP) is 3.73. The number of imidazole rings is 1. The highest BCUT2D eigenvalue weighted by Crippen LogP contribution is 2.33. The Labute approximate surface area is 161 Å². The van der Waals surface area contributed by atoms with Crippen LogP contribution in [0.5, 0.6) is 0 Å². The van der Waals surface area contributed by atoms with E-state index in [4.69, 9.17) is 4.52 Å². The molecule has 0 radical (unpaired) electrons. The Balaban J connectivity index is 1.24. The van der Waals surface area contributed by atoms with Gasteiger partial charge in [0, 0.05) is 37.5 Å². The summed E-state index contributed by atoms with van der Waals surface area (Å²) in [6.07, 6.45) is 3.19. The van der Waals surface area contributed by atoms with E-state index in [0.29, 0.717) is 36.7 Å². The van der Waals surface area contributed by atoms with Crippen LogP contribution in [0.3, 0.4) is 0 Å². The molecule has 0 spiro atoms. The Morgan fingerprint density at radius 2 is 1.96 bits per heavy atom. The van der Waals surface area contributed by atoms with E-state index < -0.39 is 11.9 Å². The molecule has 3 heterocycles. The Morgan fingerprint density at radius 1 is 1.18 bits per heavy atom. The van der Waals surface area contributed by atoms with Crippen LogP contribution in [0.1, 0.15) is 68.2 Å². The summed E-state index contributed by atoms with van der Waals surface area (Å²) in [4.78, 5) is 8.20. The van der Waals surface area contributed by atoms with Crippen molar-refractivity contribution in [3.05, 3.63) is 29.4 Å². The van der Waals surface area contributed by atoms with Crippen LogP contribution in [0, 0.1) is 5.92 Å². The van der Waals surface area contributed by atoms with E-state index in [1.165, 1.54) is 0 Å². The number of hydrogen-bond donors (Lipinski definition) is 1. The maximum absolute atomic E-state index is 12.8. The van der Waals surface area contributed by atoms with Crippen LogP contribution in [0.25, 0.3) is 0 Å². The van der Waals surface area contributed by atoms with Gasteiger partial charge < -0.3 is 14.4 Å². The van der Waals surface area contributed by atoms with Gasteiger partial charge in [-0.1, -0.05) is 12.1 Å². The van der Waals surface area contributed by atoms with Crippen molar-refractivity contribution in [2.24, 2.45) is 5.92 Å². The lowest BCUT2D eigenvalue weighted by Crippen LogP contribution is -2.38. The molecule has 1 fully saturated rings. The van der Waals surface area contributed by atoms with Crippen molar-refractivity contribution in [1.82, 2.24) is 25.0 Å². The highest BCUT2D eigenvalue weighted by molar-refractivity contribution is 5.10. The molecule has 1 aliphatic carbocycles. The fourth-order valence-corrected chi connectivity index (χ4v) is 4.27. The molecule has 154 valence electrons. The second-order valence-corrected chi connectivity index (χ2v) is 7.96. The summed E-state index contributed by atoms with van der Waals surface area (Å²) in [6.45, 7) is 3.44. The first-order chi connectivity index (χ1) is 13.4. The van der Waals surface area contributed by atoms with E-state index in [1.54, 1.807) is 4.57 Å². The second kappa shape index (κ2) is 7.85. The summed E-state index contributed by atoms with van der Waals surface area (Å²) in [5.41, 5.74) is -0.776. The van der Waals surface area contributed by atoms with Crippen LogP contribution < -0.4 is 5.32 Å². The zero-order valence-corrected chi connectivity index (χ0v) is 16.0. The van der Waals surface area contributed by atoms with Crippen molar-refractivity contribution in [3.8, 4) is 0 Å². The molecule has 2 aliphatic rings. The van der Waals surface area contributed by atoms with Crippen LogP contribution in [0.15, 0.2) is 10.7 Å². The monoisotopic (exact) mass is 397 g/mol. The van der Waals surface area contributed by atoms with Crippen molar-refractivity contribution in [2.75, 3.05) is 6.54 Å². The van der Waals surface area contributed by atoms with Crippen LogP contribution >= 0.6 is 0 Å². The van der Waals surface area contributed by atoms with Gasteiger partial charge in [-0.25, -0.2) is 4.98 Å². The quantitative estimate of drug-likeness (QED) is 0.833. The zero-order chi connectivity index (χ0) is 19.7. The number of nitrogens with one attached hydrogen (secondary N) is 1. The van der Waals surface area contributed by atoms with Crippen molar-refractivity contribution in [3.63, 3.8) is 0 Å². The summed E-state index contributed by atoms with van der Waals surface area (Å²) in [7, 11) is 0. The molecule has 28 heavy (non-hydrogen) atoms. The highest BCUT2D eigenvalue weighted by Gasteiger charge is 2.36. The molecule has 0 saturated heterocycles. The van der Waals surface area contributed by atoms with Gasteiger partial charge in [-0.15, -0.1) is 0 Å². The normalized spacial score (nSPS) is 25.6. The number of rotatable bonds is 5. The molecule has 6 nitrogen and oxygen atoms in total. The first kappa shape index (κ1) is 19.4. The Hall–Kier alpha value is -1.90. The molecule has 0 aromatic carbocycles.